The van der Waals surface area contributed by atoms with E-state index in [1.807, 2.05) is 6.92 Å². The maximum atomic E-state index is 12.9. The summed E-state index contributed by atoms with van der Waals surface area (Å²) in [5, 5.41) is 11.5. The zero-order valence-electron chi connectivity index (χ0n) is 15.4. The molecule has 0 spiro atoms. The minimum atomic E-state index is -3.66. The monoisotopic (exact) mass is 558 g/mol. The summed E-state index contributed by atoms with van der Waals surface area (Å²) in [6.07, 6.45) is 0.918. The molecule has 1 aromatic heterocycles. The average molecular weight is 559 g/mol. The van der Waals surface area contributed by atoms with Crippen LogP contribution < -0.4 is 15.8 Å². The number of nitrogens with two attached hydrogens (primary N) is 1. The van der Waals surface area contributed by atoms with Crippen LogP contribution >= 0.6 is 47.1 Å². The lowest BCUT2D eigenvalue weighted by molar-refractivity contribution is 0.600. The van der Waals surface area contributed by atoms with Crippen molar-refractivity contribution in [2.45, 2.75) is 29.0 Å². The number of aliphatic imine (C=N–C) groups is 1. The van der Waals surface area contributed by atoms with Crippen LogP contribution in [0.2, 0.25) is 0 Å². The number of halogens is 2. The lowest BCUT2D eigenvalue weighted by atomic mass is 10.4. The number of rotatable bonds is 9. The first-order valence-corrected chi connectivity index (χ1v) is 11.8. The molecule has 1 aromatic carbocycles. The highest BCUT2D eigenvalue weighted by Gasteiger charge is 2.11. The van der Waals surface area contributed by atoms with Gasteiger partial charge in [0, 0.05) is 22.9 Å². The van der Waals surface area contributed by atoms with E-state index >= 15 is 0 Å². The predicted molar refractivity (Wildman–Crippen MR) is 126 cm³/mol. The Bertz CT molecular complexity index is 858. The molecule has 0 unspecified atom stereocenters. The molecule has 0 amide bonds. The van der Waals surface area contributed by atoms with Gasteiger partial charge in [-0.15, -0.1) is 47.1 Å². The van der Waals surface area contributed by atoms with Gasteiger partial charge in [0.1, 0.15) is 10.0 Å². The molecule has 0 fully saturated rings. The summed E-state index contributed by atoms with van der Waals surface area (Å²) in [5.41, 5.74) is 0. The Morgan fingerprint density at radius 3 is 2.54 bits per heavy atom. The van der Waals surface area contributed by atoms with E-state index in [-0.39, 0.29) is 34.0 Å². The molecule has 11 heteroatoms. The molecule has 0 saturated heterocycles. The molecule has 6 nitrogen and oxygen atoms in total. The van der Waals surface area contributed by atoms with Gasteiger partial charge in [-0.2, -0.15) is 0 Å². The van der Waals surface area contributed by atoms with E-state index in [4.69, 9.17) is 5.14 Å². The minimum Gasteiger partial charge on any atom is -0.357 e. The van der Waals surface area contributed by atoms with Crippen LogP contribution in [-0.2, 0) is 16.6 Å². The molecule has 0 atom stereocenters. The summed E-state index contributed by atoms with van der Waals surface area (Å²) < 4.78 is 35.6. The van der Waals surface area contributed by atoms with Gasteiger partial charge in [0.05, 0.1) is 6.54 Å². The van der Waals surface area contributed by atoms with Gasteiger partial charge in [-0.05, 0) is 55.5 Å². The van der Waals surface area contributed by atoms with Crippen LogP contribution in [0.25, 0.3) is 0 Å². The maximum absolute atomic E-state index is 12.9. The van der Waals surface area contributed by atoms with Gasteiger partial charge in [-0.1, -0.05) is 0 Å². The summed E-state index contributed by atoms with van der Waals surface area (Å²) >= 11 is 2.80. The number of hydrogen-bond acceptors (Lipinski definition) is 5. The molecule has 2 aromatic rings. The summed E-state index contributed by atoms with van der Waals surface area (Å²) in [7, 11) is -3.66. The Morgan fingerprint density at radius 1 is 1.21 bits per heavy atom. The second kappa shape index (κ2) is 12.6. The lowest BCUT2D eigenvalue weighted by Crippen LogP contribution is -2.37. The van der Waals surface area contributed by atoms with E-state index in [0.717, 1.165) is 46.4 Å². The number of thioether (sulfide) groups is 1. The fourth-order valence-corrected chi connectivity index (χ4v) is 4.65. The molecule has 0 aliphatic rings. The van der Waals surface area contributed by atoms with E-state index in [9.17, 15) is 12.8 Å². The first-order chi connectivity index (χ1) is 12.9. The number of primary sulfonamides is 1. The smallest absolute Gasteiger partial charge is 0.247 e. The fourth-order valence-electron chi connectivity index (χ4n) is 2.09. The Kier molecular flexibility index (Phi) is 11.3. The number of thiophene rings is 1. The molecular weight excluding hydrogens is 534 g/mol. The Morgan fingerprint density at radius 2 is 1.93 bits per heavy atom. The van der Waals surface area contributed by atoms with E-state index in [0.29, 0.717) is 12.5 Å². The Balaban J connectivity index is 0.00000392. The van der Waals surface area contributed by atoms with Gasteiger partial charge < -0.3 is 10.6 Å². The van der Waals surface area contributed by atoms with Crippen LogP contribution in [0, 0.1) is 5.82 Å². The van der Waals surface area contributed by atoms with Crippen molar-refractivity contribution in [3.63, 3.8) is 0 Å². The number of sulfonamides is 1. The van der Waals surface area contributed by atoms with E-state index < -0.39 is 10.0 Å². The number of hydrogen-bond donors (Lipinski definition) is 3. The summed E-state index contributed by atoms with van der Waals surface area (Å²) in [5.74, 6) is 1.35. The molecule has 0 saturated carbocycles. The highest BCUT2D eigenvalue weighted by Crippen LogP contribution is 2.21. The second-order valence-electron chi connectivity index (χ2n) is 5.54. The normalized spacial score (nSPS) is 11.8. The predicted octanol–water partition coefficient (Wildman–Crippen LogP) is 3.39. The molecule has 28 heavy (non-hydrogen) atoms. The molecule has 156 valence electrons. The number of nitrogens with one attached hydrogen (secondary N) is 2. The van der Waals surface area contributed by atoms with Gasteiger partial charge in [0.2, 0.25) is 10.0 Å². The van der Waals surface area contributed by atoms with Crippen molar-refractivity contribution in [1.29, 1.82) is 0 Å². The molecule has 2 rings (SSSR count). The van der Waals surface area contributed by atoms with Crippen molar-refractivity contribution in [2.75, 3.05) is 18.8 Å². The Labute approximate surface area is 190 Å². The zero-order valence-corrected chi connectivity index (χ0v) is 20.1. The first kappa shape index (κ1) is 25.1. The fraction of sp³-hybridized carbons (Fsp3) is 0.353. The number of benzene rings is 1. The molecule has 0 aliphatic carbocycles. The van der Waals surface area contributed by atoms with Gasteiger partial charge in [-0.25, -0.2) is 22.9 Å². The van der Waals surface area contributed by atoms with Crippen molar-refractivity contribution in [3.8, 4) is 0 Å². The van der Waals surface area contributed by atoms with E-state index in [1.165, 1.54) is 18.2 Å². The SMILES string of the molecule is CCNC(=NCc1ccc(S(N)(=O)=O)s1)NCCCSc1ccc(F)cc1.I. The molecule has 1 heterocycles. The second-order valence-corrected chi connectivity index (χ2v) is 9.67. The first-order valence-electron chi connectivity index (χ1n) is 8.40. The van der Waals surface area contributed by atoms with Gasteiger partial charge >= 0.3 is 0 Å². The summed E-state index contributed by atoms with van der Waals surface area (Å²) in [6.45, 7) is 3.82. The largest absolute Gasteiger partial charge is 0.357 e. The molecule has 0 bridgehead atoms. The topological polar surface area (TPSA) is 96.6 Å². The average Bonchev–Trinajstić information content (AvgIpc) is 3.10. The summed E-state index contributed by atoms with van der Waals surface area (Å²) in [4.78, 5) is 6.33. The molecule has 0 radical (unpaired) electrons. The van der Waals surface area contributed by atoms with Crippen LogP contribution in [0.15, 0.2) is 50.5 Å². The van der Waals surface area contributed by atoms with Crippen molar-refractivity contribution in [3.05, 3.63) is 47.1 Å². The van der Waals surface area contributed by atoms with Gasteiger partial charge in [-0.3, -0.25) is 0 Å². The lowest BCUT2D eigenvalue weighted by Gasteiger charge is -2.11. The molecule has 4 N–H and O–H groups in total. The van der Waals surface area contributed by atoms with Crippen molar-refractivity contribution >= 4 is 63.1 Å². The van der Waals surface area contributed by atoms with Gasteiger partial charge in [0.25, 0.3) is 0 Å². The maximum Gasteiger partial charge on any atom is 0.247 e. The zero-order chi connectivity index (χ0) is 19.7. The van der Waals surface area contributed by atoms with Crippen LogP contribution in [0.4, 0.5) is 4.39 Å². The van der Waals surface area contributed by atoms with Gasteiger partial charge in [0.15, 0.2) is 5.96 Å². The van der Waals surface area contributed by atoms with Crippen molar-refractivity contribution in [1.82, 2.24) is 10.6 Å². The highest BCUT2D eigenvalue weighted by atomic mass is 127. The third-order valence-electron chi connectivity index (χ3n) is 3.35. The minimum absolute atomic E-state index is 0. The third kappa shape index (κ3) is 9.07. The molecular formula is C17H24FIN4O2S3. The number of guanidine groups is 1. The van der Waals surface area contributed by atoms with Crippen molar-refractivity contribution < 1.29 is 12.8 Å². The quantitative estimate of drug-likeness (QED) is 0.144. The van der Waals surface area contributed by atoms with Crippen LogP contribution in [0.5, 0.6) is 0 Å². The van der Waals surface area contributed by atoms with Crippen LogP contribution in [0.3, 0.4) is 0 Å². The Hall–Kier alpha value is -0.890. The van der Waals surface area contributed by atoms with Crippen LogP contribution in [0.1, 0.15) is 18.2 Å². The standard InChI is InChI=1S/C17H23FN4O2S3.HI/c1-2-20-17(22-12-15-8-9-16(26-15)27(19,23)24)21-10-3-11-25-14-6-4-13(18)5-7-14;/h4-9H,2-3,10-12H2,1H3,(H2,19,23,24)(H2,20,21,22);1H. The molecule has 0 aliphatic heterocycles. The van der Waals surface area contributed by atoms with Crippen molar-refractivity contribution in [2.24, 2.45) is 10.1 Å². The van der Waals surface area contributed by atoms with E-state index in [1.54, 1.807) is 30.0 Å². The number of nitrogens with zero attached hydrogens (tertiary/aromatic N) is 1. The van der Waals surface area contributed by atoms with E-state index in [2.05, 4.69) is 15.6 Å². The highest BCUT2D eigenvalue weighted by molar-refractivity contribution is 14.0. The summed E-state index contributed by atoms with van der Waals surface area (Å²) in [6, 6.07) is 9.69. The third-order valence-corrected chi connectivity index (χ3v) is 6.96. The van der Waals surface area contributed by atoms with Crippen LogP contribution in [-0.4, -0.2) is 33.2 Å².